The van der Waals surface area contributed by atoms with Gasteiger partial charge in [0.15, 0.2) is 0 Å². The Morgan fingerprint density at radius 2 is 2.09 bits per heavy atom. The maximum absolute atomic E-state index is 5.48. The Morgan fingerprint density at radius 3 is 2.73 bits per heavy atom. The van der Waals surface area contributed by atoms with Crippen molar-refractivity contribution in [3.63, 3.8) is 0 Å². The van der Waals surface area contributed by atoms with E-state index in [-0.39, 0.29) is 0 Å². The van der Waals surface area contributed by atoms with Gasteiger partial charge in [0.05, 0.1) is 5.69 Å². The van der Waals surface area contributed by atoms with E-state index in [4.69, 9.17) is 11.8 Å². The zero-order valence-corrected chi connectivity index (χ0v) is 7.10. The number of hydrogen-bond acceptors (Lipinski definition) is 1. The molecule has 0 saturated heterocycles. The quantitative estimate of drug-likeness (QED) is 0.667. The second-order valence-corrected chi connectivity index (χ2v) is 2.37. The fourth-order valence-electron chi connectivity index (χ4n) is 0.908. The first-order chi connectivity index (χ1) is 5.38. The van der Waals surface area contributed by atoms with Gasteiger partial charge >= 0.3 is 0 Å². The molecule has 0 spiro atoms. The van der Waals surface area contributed by atoms with Gasteiger partial charge in [-0.25, -0.2) is 0 Å². The first kappa shape index (κ1) is 8.15. The minimum atomic E-state index is 0.937. The Kier molecular flexibility index (Phi) is 2.99. The minimum Gasteiger partial charge on any atom is -0.298 e. The highest BCUT2D eigenvalue weighted by Crippen LogP contribution is 2.16. The van der Waals surface area contributed by atoms with E-state index in [2.05, 4.69) is 4.84 Å². The number of benzene rings is 1. The fourth-order valence-corrected chi connectivity index (χ4v) is 1.08. The van der Waals surface area contributed by atoms with E-state index in [0.717, 1.165) is 11.3 Å². The summed E-state index contributed by atoms with van der Waals surface area (Å²) >= 11 is 5.48. The first-order valence-electron chi connectivity index (χ1n) is 3.47. The van der Waals surface area contributed by atoms with Crippen LogP contribution in [0.2, 0.25) is 0 Å². The number of anilines is 1. The van der Waals surface area contributed by atoms with Gasteiger partial charge in [-0.3, -0.25) is 4.84 Å². The van der Waals surface area contributed by atoms with Crippen LogP contribution in [0.25, 0.3) is 6.08 Å². The average molecular weight is 168 g/mol. The molecule has 0 aliphatic heterocycles. The second-order valence-electron chi connectivity index (χ2n) is 2.18. The molecular formula is C9H10ClN. The summed E-state index contributed by atoms with van der Waals surface area (Å²) in [6.07, 6.45) is 3.98. The van der Waals surface area contributed by atoms with Gasteiger partial charge in [0, 0.05) is 11.8 Å². The number of para-hydroxylation sites is 1. The Morgan fingerprint density at radius 1 is 1.36 bits per heavy atom. The van der Waals surface area contributed by atoms with E-state index in [1.165, 1.54) is 0 Å². The van der Waals surface area contributed by atoms with E-state index in [9.17, 15) is 0 Å². The van der Waals surface area contributed by atoms with Gasteiger partial charge in [-0.15, -0.1) is 0 Å². The van der Waals surface area contributed by atoms with Crippen molar-refractivity contribution in [2.75, 3.05) is 4.84 Å². The summed E-state index contributed by atoms with van der Waals surface area (Å²) in [6, 6.07) is 7.86. The van der Waals surface area contributed by atoms with Crippen LogP contribution in [0.4, 0.5) is 5.69 Å². The molecule has 0 atom stereocenters. The molecule has 0 fully saturated rings. The van der Waals surface area contributed by atoms with Crippen LogP contribution in [0, 0.1) is 0 Å². The fraction of sp³-hybridized carbons (Fsp3) is 0.111. The molecule has 0 heterocycles. The third-order valence-corrected chi connectivity index (χ3v) is 1.61. The molecule has 1 nitrogen and oxygen atoms in total. The number of nitrogens with one attached hydrogen (secondary N) is 1. The molecule has 58 valence electrons. The van der Waals surface area contributed by atoms with Crippen LogP contribution >= 0.6 is 11.8 Å². The maximum atomic E-state index is 5.48. The van der Waals surface area contributed by atoms with Crippen molar-refractivity contribution in [3.05, 3.63) is 35.9 Å². The Bertz CT molecular complexity index is 255. The van der Waals surface area contributed by atoms with Crippen molar-refractivity contribution in [1.82, 2.24) is 0 Å². The molecule has 0 aliphatic carbocycles. The van der Waals surface area contributed by atoms with E-state index in [1.54, 1.807) is 0 Å². The van der Waals surface area contributed by atoms with Crippen molar-refractivity contribution in [1.29, 1.82) is 0 Å². The summed E-state index contributed by atoms with van der Waals surface area (Å²) in [5.74, 6) is 0. The lowest BCUT2D eigenvalue weighted by molar-refractivity contribution is 1.62. The SMILES string of the molecule is C/C=C\c1ccccc1NCl. The van der Waals surface area contributed by atoms with Crippen molar-refractivity contribution in [3.8, 4) is 0 Å². The molecule has 1 N–H and O–H groups in total. The largest absolute Gasteiger partial charge is 0.298 e. The highest BCUT2D eigenvalue weighted by atomic mass is 35.5. The molecule has 2 heteroatoms. The van der Waals surface area contributed by atoms with E-state index < -0.39 is 0 Å². The van der Waals surface area contributed by atoms with Gasteiger partial charge in [0.2, 0.25) is 0 Å². The summed E-state index contributed by atoms with van der Waals surface area (Å²) < 4.78 is 0. The Hall–Kier alpha value is -0.950. The van der Waals surface area contributed by atoms with Crippen LogP contribution in [-0.4, -0.2) is 0 Å². The van der Waals surface area contributed by atoms with Crippen LogP contribution in [0.5, 0.6) is 0 Å². The molecule has 0 unspecified atom stereocenters. The van der Waals surface area contributed by atoms with Gasteiger partial charge in [0.1, 0.15) is 0 Å². The molecule has 0 aromatic heterocycles. The third-order valence-electron chi connectivity index (χ3n) is 1.41. The zero-order valence-electron chi connectivity index (χ0n) is 6.34. The molecule has 1 rings (SSSR count). The molecule has 0 saturated carbocycles. The normalized spacial score (nSPS) is 10.4. The van der Waals surface area contributed by atoms with Crippen LogP contribution in [0.15, 0.2) is 30.3 Å². The molecule has 0 radical (unpaired) electrons. The van der Waals surface area contributed by atoms with Crippen LogP contribution < -0.4 is 4.84 Å². The monoisotopic (exact) mass is 167 g/mol. The number of hydrogen-bond donors (Lipinski definition) is 1. The number of rotatable bonds is 2. The first-order valence-corrected chi connectivity index (χ1v) is 3.84. The number of allylic oxidation sites excluding steroid dienone is 1. The van der Waals surface area contributed by atoms with Crippen molar-refractivity contribution >= 4 is 23.5 Å². The van der Waals surface area contributed by atoms with Crippen LogP contribution in [0.1, 0.15) is 12.5 Å². The molecule has 1 aromatic carbocycles. The van der Waals surface area contributed by atoms with Crippen molar-refractivity contribution in [2.24, 2.45) is 0 Å². The van der Waals surface area contributed by atoms with Crippen LogP contribution in [0.3, 0.4) is 0 Å². The lowest BCUT2D eigenvalue weighted by atomic mass is 10.2. The smallest absolute Gasteiger partial charge is 0.0563 e. The third kappa shape index (κ3) is 1.99. The molecule has 0 amide bonds. The Balaban J connectivity index is 3.02. The summed E-state index contributed by atoms with van der Waals surface area (Å²) in [4.78, 5) is 2.60. The van der Waals surface area contributed by atoms with Gasteiger partial charge in [-0.1, -0.05) is 30.4 Å². The number of halogens is 1. The van der Waals surface area contributed by atoms with Gasteiger partial charge in [-0.05, 0) is 18.6 Å². The molecule has 0 bridgehead atoms. The molecule has 11 heavy (non-hydrogen) atoms. The maximum Gasteiger partial charge on any atom is 0.0563 e. The summed E-state index contributed by atoms with van der Waals surface area (Å²) in [5.41, 5.74) is 2.04. The summed E-state index contributed by atoms with van der Waals surface area (Å²) in [5, 5.41) is 0. The standard InChI is InChI=1S/C9H10ClN/c1-2-5-8-6-3-4-7-9(8)11-10/h2-7,11H,1H3/b5-2-. The van der Waals surface area contributed by atoms with Crippen LogP contribution in [-0.2, 0) is 0 Å². The second kappa shape index (κ2) is 4.04. The predicted molar refractivity (Wildman–Crippen MR) is 50.6 cm³/mol. The van der Waals surface area contributed by atoms with Gasteiger partial charge in [0.25, 0.3) is 0 Å². The lowest BCUT2D eigenvalue weighted by Gasteiger charge is -2.00. The molecule has 1 aromatic rings. The zero-order chi connectivity index (χ0) is 8.10. The minimum absolute atomic E-state index is 0.937. The Labute approximate surface area is 71.8 Å². The van der Waals surface area contributed by atoms with Crippen molar-refractivity contribution in [2.45, 2.75) is 6.92 Å². The summed E-state index contributed by atoms with van der Waals surface area (Å²) in [6.45, 7) is 1.98. The molecular weight excluding hydrogens is 158 g/mol. The van der Waals surface area contributed by atoms with Gasteiger partial charge in [-0.2, -0.15) is 0 Å². The highest BCUT2D eigenvalue weighted by Gasteiger charge is 1.93. The van der Waals surface area contributed by atoms with Crippen molar-refractivity contribution < 1.29 is 0 Å². The average Bonchev–Trinajstić information content (AvgIpc) is 2.06. The van der Waals surface area contributed by atoms with E-state index in [0.29, 0.717) is 0 Å². The summed E-state index contributed by atoms with van der Waals surface area (Å²) in [7, 11) is 0. The van der Waals surface area contributed by atoms with Gasteiger partial charge < -0.3 is 0 Å². The lowest BCUT2D eigenvalue weighted by Crippen LogP contribution is -1.83. The highest BCUT2D eigenvalue weighted by molar-refractivity contribution is 6.24. The van der Waals surface area contributed by atoms with E-state index >= 15 is 0 Å². The molecule has 0 aliphatic rings. The topological polar surface area (TPSA) is 12.0 Å². The predicted octanol–water partition coefficient (Wildman–Crippen LogP) is 3.29. The van der Waals surface area contributed by atoms with E-state index in [1.807, 2.05) is 43.3 Å².